The van der Waals surface area contributed by atoms with Crippen LogP contribution in [0.25, 0.3) is 0 Å². The number of likely N-dealkylation sites (N-methyl/N-ethyl adjacent to an activating group) is 2. The molecule has 3 N–H and O–H groups in total. The second-order valence-electron chi connectivity index (χ2n) is 8.86. The fourth-order valence-corrected chi connectivity index (χ4v) is 4.78. The Balaban J connectivity index is 1.44. The molecule has 180 valence electrons. The van der Waals surface area contributed by atoms with Crippen LogP contribution in [0, 0.1) is 23.2 Å². The van der Waals surface area contributed by atoms with E-state index in [4.69, 9.17) is 5.26 Å². The summed E-state index contributed by atoms with van der Waals surface area (Å²) in [6.45, 7) is 3.00. The van der Waals surface area contributed by atoms with Crippen molar-refractivity contribution in [1.82, 2.24) is 25.5 Å². The first-order valence-corrected chi connectivity index (χ1v) is 11.4. The van der Waals surface area contributed by atoms with E-state index in [1.165, 1.54) is 20.2 Å². The van der Waals surface area contributed by atoms with Crippen LogP contribution in [-0.4, -0.2) is 66.0 Å². The Morgan fingerprint density at radius 2 is 1.94 bits per heavy atom. The van der Waals surface area contributed by atoms with Crippen molar-refractivity contribution in [2.75, 3.05) is 37.4 Å². The number of nitriles is 1. The summed E-state index contributed by atoms with van der Waals surface area (Å²) in [6, 6.07) is 4.26. The summed E-state index contributed by atoms with van der Waals surface area (Å²) in [5, 5.41) is 17.0. The van der Waals surface area contributed by atoms with E-state index in [2.05, 4.69) is 36.9 Å². The molecular formula is C23H29FN8O2. The number of aromatic nitrogens is 2. The van der Waals surface area contributed by atoms with Crippen LogP contribution < -0.4 is 20.9 Å². The molecule has 2 amide bonds. The normalized spacial score (nSPS) is 26.4. The zero-order valence-corrected chi connectivity index (χ0v) is 19.5. The van der Waals surface area contributed by atoms with Gasteiger partial charge in [-0.25, -0.2) is 9.37 Å². The van der Waals surface area contributed by atoms with Crippen molar-refractivity contribution in [3.8, 4) is 6.07 Å². The fraction of sp³-hybridized carbons (Fsp3) is 0.522. The Morgan fingerprint density at radius 3 is 2.53 bits per heavy atom. The number of nitrogens with zero attached hydrogens (tertiary/aromatic N) is 5. The van der Waals surface area contributed by atoms with E-state index in [1.807, 2.05) is 11.0 Å². The van der Waals surface area contributed by atoms with Gasteiger partial charge in [-0.05, 0) is 38.3 Å². The minimum Gasteiger partial charge on any atom is -0.381 e. The van der Waals surface area contributed by atoms with E-state index < -0.39 is 11.7 Å². The standard InChI is InChI=1S/C23H29FN8O2/c1-13(8-18(24)20(26-2)21(33)27-3)29-23-28-7-6-19(30-23)31-11-15-4-5-16(12-31)32(15)22(34)17-9-14(17)10-25/h6-8,14-17,26H,4-5,9,11-12H2,1-3H3,(H,27,33)(H,28,29,30)/b13-8+,20-18+/t14?,15-,16+,17-/m1/s1. The summed E-state index contributed by atoms with van der Waals surface area (Å²) in [7, 11) is 2.90. The zero-order valence-electron chi connectivity index (χ0n) is 19.5. The molecule has 1 unspecified atom stereocenters. The van der Waals surface area contributed by atoms with Crippen molar-refractivity contribution in [2.24, 2.45) is 11.8 Å². The average Bonchev–Trinajstić information content (AvgIpc) is 3.57. The number of piperazine rings is 1. The molecule has 1 saturated carbocycles. The van der Waals surface area contributed by atoms with Gasteiger partial charge in [-0.3, -0.25) is 9.59 Å². The number of fused-ring (bicyclic) bond motifs is 2. The molecule has 2 saturated heterocycles. The Bertz CT molecular complexity index is 1070. The second-order valence-corrected chi connectivity index (χ2v) is 8.86. The maximum atomic E-state index is 14.5. The third-order valence-electron chi connectivity index (χ3n) is 6.57. The average molecular weight is 469 g/mol. The Labute approximate surface area is 197 Å². The molecule has 0 radical (unpaired) electrons. The van der Waals surface area contributed by atoms with Crippen molar-refractivity contribution < 1.29 is 14.0 Å². The van der Waals surface area contributed by atoms with Gasteiger partial charge in [0.25, 0.3) is 5.91 Å². The third kappa shape index (κ3) is 4.66. The summed E-state index contributed by atoms with van der Waals surface area (Å²) >= 11 is 0. The van der Waals surface area contributed by atoms with E-state index in [1.54, 1.807) is 13.1 Å². The van der Waals surface area contributed by atoms with E-state index in [0.29, 0.717) is 31.2 Å². The van der Waals surface area contributed by atoms with Gasteiger partial charge < -0.3 is 25.8 Å². The Kier molecular flexibility index (Phi) is 6.68. The van der Waals surface area contributed by atoms with E-state index in [9.17, 15) is 14.0 Å². The van der Waals surface area contributed by atoms with Crippen LogP contribution in [0.4, 0.5) is 16.2 Å². The molecule has 3 fully saturated rings. The fourth-order valence-electron chi connectivity index (χ4n) is 4.78. The number of allylic oxidation sites excluding steroid dienone is 3. The lowest BCUT2D eigenvalue weighted by atomic mass is 10.1. The van der Waals surface area contributed by atoms with Gasteiger partial charge in [0, 0.05) is 51.2 Å². The van der Waals surface area contributed by atoms with Crippen LogP contribution in [-0.2, 0) is 9.59 Å². The summed E-state index contributed by atoms with van der Waals surface area (Å²) in [5.74, 6) is -0.368. The highest BCUT2D eigenvalue weighted by atomic mass is 19.1. The molecule has 1 aromatic rings. The molecule has 3 aliphatic rings. The molecule has 11 heteroatoms. The SMILES string of the molecule is CNC(=O)/C(NC)=C(F)/C=C(\C)Nc1nccc(N2C[C@H]3CC[C@@H](C2)N3C(=O)[C@@H]2CC2C#N)n1. The van der Waals surface area contributed by atoms with E-state index >= 15 is 0 Å². The lowest BCUT2D eigenvalue weighted by Crippen LogP contribution is -2.56. The maximum absolute atomic E-state index is 14.5. The molecule has 10 nitrogen and oxygen atoms in total. The number of carbonyl (C=O) groups is 2. The number of amides is 2. The van der Waals surface area contributed by atoms with Gasteiger partial charge in [0.1, 0.15) is 11.5 Å². The Hall–Kier alpha value is -3.68. The lowest BCUT2D eigenvalue weighted by Gasteiger charge is -2.41. The highest BCUT2D eigenvalue weighted by molar-refractivity contribution is 5.93. The van der Waals surface area contributed by atoms with E-state index in [-0.39, 0.29) is 35.5 Å². The van der Waals surface area contributed by atoms with Crippen molar-refractivity contribution in [3.63, 3.8) is 0 Å². The molecule has 0 aromatic carbocycles. The molecule has 4 atom stereocenters. The molecule has 34 heavy (non-hydrogen) atoms. The quantitative estimate of drug-likeness (QED) is 0.404. The number of hydrogen-bond acceptors (Lipinski definition) is 8. The first kappa shape index (κ1) is 23.5. The van der Waals surface area contributed by atoms with Gasteiger partial charge in [0.2, 0.25) is 11.9 Å². The first-order valence-electron chi connectivity index (χ1n) is 11.4. The molecule has 2 aliphatic heterocycles. The minimum atomic E-state index is -0.713. The molecule has 0 spiro atoms. The van der Waals surface area contributed by atoms with Crippen molar-refractivity contribution in [2.45, 2.75) is 38.3 Å². The van der Waals surface area contributed by atoms with Crippen LogP contribution in [0.2, 0.25) is 0 Å². The summed E-state index contributed by atoms with van der Waals surface area (Å²) in [4.78, 5) is 37.6. The van der Waals surface area contributed by atoms with Crippen molar-refractivity contribution >= 4 is 23.6 Å². The van der Waals surface area contributed by atoms with Gasteiger partial charge in [0.05, 0.1) is 17.9 Å². The predicted molar refractivity (Wildman–Crippen MR) is 124 cm³/mol. The van der Waals surface area contributed by atoms with Crippen LogP contribution in [0.1, 0.15) is 26.2 Å². The molecular weight excluding hydrogens is 439 g/mol. The summed E-state index contributed by atoms with van der Waals surface area (Å²) in [5.41, 5.74) is 0.256. The summed E-state index contributed by atoms with van der Waals surface area (Å²) < 4.78 is 14.5. The number of rotatable bonds is 7. The van der Waals surface area contributed by atoms with Crippen LogP contribution in [0.5, 0.6) is 0 Å². The van der Waals surface area contributed by atoms with E-state index in [0.717, 1.165) is 18.7 Å². The number of hydrogen-bond donors (Lipinski definition) is 3. The smallest absolute Gasteiger partial charge is 0.270 e. The first-order chi connectivity index (χ1) is 16.4. The lowest BCUT2D eigenvalue weighted by molar-refractivity contribution is -0.136. The van der Waals surface area contributed by atoms with Gasteiger partial charge >= 0.3 is 0 Å². The van der Waals surface area contributed by atoms with Crippen molar-refractivity contribution in [3.05, 3.63) is 35.6 Å². The number of halogens is 1. The van der Waals surface area contributed by atoms with Gasteiger partial charge in [0.15, 0.2) is 5.83 Å². The molecule has 3 heterocycles. The third-order valence-corrected chi connectivity index (χ3v) is 6.57. The number of anilines is 2. The molecule has 2 bridgehead atoms. The topological polar surface area (TPSA) is 126 Å². The second kappa shape index (κ2) is 9.67. The molecule has 1 aromatic heterocycles. The zero-order chi connectivity index (χ0) is 24.4. The summed E-state index contributed by atoms with van der Waals surface area (Å²) in [6.07, 6.45) is 5.40. The minimum absolute atomic E-state index is 0.114. The molecule has 1 aliphatic carbocycles. The maximum Gasteiger partial charge on any atom is 0.270 e. The van der Waals surface area contributed by atoms with Gasteiger partial charge in [-0.15, -0.1) is 0 Å². The molecule has 4 rings (SSSR count). The van der Waals surface area contributed by atoms with Crippen LogP contribution in [0.15, 0.2) is 35.6 Å². The van der Waals surface area contributed by atoms with Gasteiger partial charge in [-0.2, -0.15) is 10.2 Å². The Morgan fingerprint density at radius 1 is 1.24 bits per heavy atom. The highest BCUT2D eigenvalue weighted by Crippen LogP contribution is 2.43. The predicted octanol–water partition coefficient (Wildman–Crippen LogP) is 1.28. The highest BCUT2D eigenvalue weighted by Gasteiger charge is 2.51. The monoisotopic (exact) mass is 468 g/mol. The van der Waals surface area contributed by atoms with Gasteiger partial charge in [-0.1, -0.05) is 0 Å². The van der Waals surface area contributed by atoms with Crippen LogP contribution >= 0.6 is 0 Å². The number of nitrogens with one attached hydrogen (secondary N) is 3. The van der Waals surface area contributed by atoms with Crippen molar-refractivity contribution in [1.29, 1.82) is 5.26 Å². The number of carbonyl (C=O) groups excluding carboxylic acids is 2. The largest absolute Gasteiger partial charge is 0.381 e. The van der Waals surface area contributed by atoms with Crippen LogP contribution in [0.3, 0.4) is 0 Å².